The third-order valence-electron chi connectivity index (χ3n) is 6.25. The zero-order valence-electron chi connectivity index (χ0n) is 22.5. The average Bonchev–Trinajstić information content (AvgIpc) is 2.81. The number of amides is 3. The first-order chi connectivity index (χ1) is 16.7. The molecule has 0 aromatic carbocycles. The lowest BCUT2D eigenvalue weighted by Crippen LogP contribution is -2.59. The van der Waals surface area contributed by atoms with Crippen molar-refractivity contribution in [2.75, 3.05) is 6.54 Å². The first-order valence-corrected chi connectivity index (χ1v) is 12.7. The summed E-state index contributed by atoms with van der Waals surface area (Å²) in [6.45, 7) is 11.5. The maximum atomic E-state index is 13.2. The molecule has 0 radical (unpaired) electrons. The summed E-state index contributed by atoms with van der Waals surface area (Å²) in [5, 5.41) is 17.5. The minimum Gasteiger partial charge on any atom is -0.480 e. The van der Waals surface area contributed by atoms with Gasteiger partial charge in [-0.1, -0.05) is 54.4 Å². The third-order valence-corrected chi connectivity index (χ3v) is 6.25. The van der Waals surface area contributed by atoms with Crippen LogP contribution < -0.4 is 33.2 Å². The number of nitrogens with two attached hydrogens (primary N) is 3. The van der Waals surface area contributed by atoms with Crippen molar-refractivity contribution in [2.24, 2.45) is 39.9 Å². The van der Waals surface area contributed by atoms with Crippen molar-refractivity contribution < 1.29 is 24.3 Å². The van der Waals surface area contributed by atoms with Crippen LogP contribution in [0.4, 0.5) is 0 Å². The second-order valence-corrected chi connectivity index (χ2v) is 9.82. The molecule has 0 saturated heterocycles. The highest BCUT2D eigenvalue weighted by Crippen LogP contribution is 2.13. The molecule has 12 nitrogen and oxygen atoms in total. The number of carboxylic acids is 1. The van der Waals surface area contributed by atoms with Gasteiger partial charge in [0.15, 0.2) is 5.96 Å². The van der Waals surface area contributed by atoms with Gasteiger partial charge in [0.1, 0.15) is 18.1 Å². The maximum absolute atomic E-state index is 13.2. The van der Waals surface area contributed by atoms with Gasteiger partial charge in [-0.25, -0.2) is 4.79 Å². The maximum Gasteiger partial charge on any atom is 0.326 e. The molecule has 6 unspecified atom stereocenters. The van der Waals surface area contributed by atoms with Crippen LogP contribution in [0.3, 0.4) is 0 Å². The van der Waals surface area contributed by atoms with Gasteiger partial charge in [0.25, 0.3) is 0 Å². The minimum absolute atomic E-state index is 0.0293. The summed E-state index contributed by atoms with van der Waals surface area (Å²) in [6, 6.07) is -3.81. The van der Waals surface area contributed by atoms with Gasteiger partial charge in [-0.3, -0.25) is 19.4 Å². The van der Waals surface area contributed by atoms with E-state index in [9.17, 15) is 24.3 Å². The molecule has 0 aliphatic carbocycles. The quantitative estimate of drug-likeness (QED) is 0.0798. The van der Waals surface area contributed by atoms with Crippen molar-refractivity contribution >= 4 is 29.7 Å². The Kier molecular flexibility index (Phi) is 15.4. The number of nitrogens with one attached hydrogen (secondary N) is 3. The molecule has 0 aromatic rings. The van der Waals surface area contributed by atoms with Gasteiger partial charge >= 0.3 is 5.97 Å². The number of aliphatic imine (C=N–C) groups is 1. The zero-order valence-corrected chi connectivity index (χ0v) is 22.5. The molecule has 0 saturated carbocycles. The van der Waals surface area contributed by atoms with Crippen LogP contribution >= 0.6 is 0 Å². The van der Waals surface area contributed by atoms with Gasteiger partial charge in [0.05, 0.1) is 6.04 Å². The number of nitrogens with zero attached hydrogens (tertiary/aromatic N) is 1. The van der Waals surface area contributed by atoms with E-state index in [2.05, 4.69) is 20.9 Å². The van der Waals surface area contributed by atoms with E-state index >= 15 is 0 Å². The van der Waals surface area contributed by atoms with E-state index in [0.29, 0.717) is 19.3 Å². The molecule has 10 N–H and O–H groups in total. The molecule has 3 amide bonds. The molecular formula is C24H47N7O5. The molecule has 0 rings (SSSR count). The predicted octanol–water partition coefficient (Wildman–Crippen LogP) is 0.0446. The van der Waals surface area contributed by atoms with Crippen molar-refractivity contribution in [2.45, 2.75) is 97.8 Å². The highest BCUT2D eigenvalue weighted by Gasteiger charge is 2.33. The summed E-state index contributed by atoms with van der Waals surface area (Å²) in [7, 11) is 0. The highest BCUT2D eigenvalue weighted by atomic mass is 16.4. The number of carbonyl (C=O) groups is 4. The van der Waals surface area contributed by atoms with Crippen LogP contribution in [-0.4, -0.2) is 65.5 Å². The minimum atomic E-state index is -1.20. The van der Waals surface area contributed by atoms with Gasteiger partial charge in [0, 0.05) is 6.54 Å². The second kappa shape index (κ2) is 16.7. The van der Waals surface area contributed by atoms with Gasteiger partial charge in [-0.15, -0.1) is 0 Å². The summed E-state index contributed by atoms with van der Waals surface area (Å²) in [4.78, 5) is 54.4. The Balaban J connectivity index is 5.54. The van der Waals surface area contributed by atoms with Crippen molar-refractivity contribution in [1.82, 2.24) is 16.0 Å². The molecule has 0 aliphatic heterocycles. The number of guanidine groups is 1. The molecule has 6 atom stereocenters. The second-order valence-electron chi connectivity index (χ2n) is 9.82. The summed E-state index contributed by atoms with van der Waals surface area (Å²) in [5.41, 5.74) is 16.6. The molecule has 0 spiro atoms. The summed E-state index contributed by atoms with van der Waals surface area (Å²) in [5.74, 6) is -3.12. The fraction of sp³-hybridized carbons (Fsp3) is 0.792. The van der Waals surface area contributed by atoms with E-state index in [-0.39, 0.29) is 43.1 Å². The predicted molar refractivity (Wildman–Crippen MR) is 140 cm³/mol. The molecule has 0 fully saturated rings. The first-order valence-electron chi connectivity index (χ1n) is 12.7. The molecule has 36 heavy (non-hydrogen) atoms. The van der Waals surface area contributed by atoms with Crippen molar-refractivity contribution in [3.8, 4) is 0 Å². The van der Waals surface area contributed by atoms with E-state index in [1.807, 2.05) is 41.5 Å². The average molecular weight is 514 g/mol. The Bertz CT molecular complexity index is 755. The van der Waals surface area contributed by atoms with Crippen molar-refractivity contribution in [3.05, 3.63) is 0 Å². The van der Waals surface area contributed by atoms with E-state index in [1.165, 1.54) is 0 Å². The molecular weight excluding hydrogens is 466 g/mol. The number of carboxylic acid groups (broad SMARTS) is 1. The lowest BCUT2D eigenvalue weighted by atomic mass is 9.94. The van der Waals surface area contributed by atoms with Crippen LogP contribution in [0.1, 0.15) is 73.6 Å². The van der Waals surface area contributed by atoms with E-state index in [0.717, 1.165) is 0 Å². The van der Waals surface area contributed by atoms with Gasteiger partial charge in [-0.05, 0) is 37.0 Å². The first kappa shape index (κ1) is 33.1. The summed E-state index contributed by atoms with van der Waals surface area (Å²) >= 11 is 0. The van der Waals surface area contributed by atoms with Crippen molar-refractivity contribution in [1.29, 1.82) is 0 Å². The van der Waals surface area contributed by atoms with Gasteiger partial charge < -0.3 is 38.3 Å². The van der Waals surface area contributed by atoms with Crippen LogP contribution in [0.15, 0.2) is 4.99 Å². The lowest BCUT2D eigenvalue weighted by molar-refractivity contribution is -0.142. The highest BCUT2D eigenvalue weighted by molar-refractivity contribution is 5.94. The number of aliphatic carboxylic acids is 1. The van der Waals surface area contributed by atoms with Crippen LogP contribution in [0, 0.1) is 17.8 Å². The number of hydrogen-bond donors (Lipinski definition) is 7. The topological polar surface area (TPSA) is 215 Å². The van der Waals surface area contributed by atoms with E-state index < -0.39 is 47.9 Å². The molecule has 0 aliphatic rings. The SMILES string of the molecule is CCC(C)C(N)C(=O)NC(C(=O)NC(CC(C)C)C(=O)NC(CCCN=C(N)N)C(=O)O)C(C)CC. The Labute approximate surface area is 214 Å². The van der Waals surface area contributed by atoms with Crippen LogP contribution in [0.5, 0.6) is 0 Å². The van der Waals surface area contributed by atoms with E-state index in [4.69, 9.17) is 17.2 Å². The normalized spacial score (nSPS) is 16.1. The molecule has 208 valence electrons. The number of hydrogen-bond acceptors (Lipinski definition) is 6. The zero-order chi connectivity index (χ0) is 28.0. The number of carbonyl (C=O) groups excluding carboxylic acids is 3. The fourth-order valence-electron chi connectivity index (χ4n) is 3.46. The third kappa shape index (κ3) is 12.2. The standard InChI is InChI=1S/C24H47N7O5/c1-7-14(5)18(25)21(33)31-19(15(6)8-2)22(34)30-17(12-13(3)4)20(32)29-16(23(35)36)10-9-11-28-24(26)27/h13-19H,7-12,25H2,1-6H3,(H,29,32)(H,30,34)(H,31,33)(H,35,36)(H4,26,27,28). The molecule has 12 heteroatoms. The molecule has 0 aromatic heterocycles. The monoisotopic (exact) mass is 513 g/mol. The van der Waals surface area contributed by atoms with Crippen LogP contribution in [0.2, 0.25) is 0 Å². The lowest BCUT2D eigenvalue weighted by Gasteiger charge is -2.29. The Morgan fingerprint density at radius 3 is 1.86 bits per heavy atom. The Morgan fingerprint density at radius 2 is 1.39 bits per heavy atom. The summed E-state index contributed by atoms with van der Waals surface area (Å²) < 4.78 is 0. The van der Waals surface area contributed by atoms with Crippen molar-refractivity contribution in [3.63, 3.8) is 0 Å². The smallest absolute Gasteiger partial charge is 0.326 e. The van der Waals surface area contributed by atoms with Crippen LogP contribution in [-0.2, 0) is 19.2 Å². The summed E-state index contributed by atoms with van der Waals surface area (Å²) in [6.07, 6.45) is 2.05. The Hall–Kier alpha value is -2.89. The van der Waals surface area contributed by atoms with Gasteiger partial charge in [-0.2, -0.15) is 0 Å². The molecule has 0 bridgehead atoms. The largest absolute Gasteiger partial charge is 0.480 e. The number of rotatable bonds is 17. The fourth-order valence-corrected chi connectivity index (χ4v) is 3.46. The van der Waals surface area contributed by atoms with E-state index in [1.54, 1.807) is 0 Å². The van der Waals surface area contributed by atoms with Gasteiger partial charge in [0.2, 0.25) is 17.7 Å². The Morgan fingerprint density at radius 1 is 0.833 bits per heavy atom. The van der Waals surface area contributed by atoms with Crippen LogP contribution in [0.25, 0.3) is 0 Å². The molecule has 0 heterocycles.